The van der Waals surface area contributed by atoms with Gasteiger partial charge in [-0.25, -0.2) is 5.43 Å². The molecule has 0 atom stereocenters. The number of nitrogens with one attached hydrogen (secondary N) is 2. The van der Waals surface area contributed by atoms with E-state index in [1.807, 2.05) is 30.5 Å². The van der Waals surface area contributed by atoms with E-state index in [1.54, 1.807) is 24.4 Å². The summed E-state index contributed by atoms with van der Waals surface area (Å²) in [7, 11) is 0. The van der Waals surface area contributed by atoms with Crippen LogP contribution in [-0.2, 0) is 4.79 Å². The number of rotatable bonds is 7. The molecule has 0 aliphatic heterocycles. The van der Waals surface area contributed by atoms with Crippen LogP contribution >= 0.6 is 23.2 Å². The maximum absolute atomic E-state index is 11.8. The number of benzene rings is 2. The molecule has 0 radical (unpaired) electrons. The van der Waals surface area contributed by atoms with Crippen LogP contribution < -0.4 is 10.2 Å². The summed E-state index contributed by atoms with van der Waals surface area (Å²) in [6.45, 7) is 0.376. The van der Waals surface area contributed by atoms with Crippen molar-refractivity contribution in [1.82, 2.24) is 10.4 Å². The quantitative estimate of drug-likeness (QED) is 0.346. The molecule has 7 heteroatoms. The van der Waals surface area contributed by atoms with E-state index in [-0.39, 0.29) is 5.91 Å². The zero-order valence-corrected chi connectivity index (χ0v) is 15.3. The standard InChI is InChI=1S/C19H17Cl2N3O2/c20-14-7-8-18(16(21)10-14)26-9-3-6-19(25)24-23-12-13-11-22-17-5-2-1-4-15(13)17/h1-2,4-5,7-8,10-12,22H,3,6,9H2,(H,24,25)/b23-12+. The van der Waals surface area contributed by atoms with Crippen molar-refractivity contribution in [3.05, 3.63) is 64.3 Å². The summed E-state index contributed by atoms with van der Waals surface area (Å²) in [5.74, 6) is 0.376. The molecule has 0 fully saturated rings. The number of carbonyl (C=O) groups is 1. The third-order valence-corrected chi connectivity index (χ3v) is 4.24. The lowest BCUT2D eigenvalue weighted by atomic mass is 10.2. The molecule has 2 N–H and O–H groups in total. The Morgan fingerprint density at radius 3 is 2.92 bits per heavy atom. The van der Waals surface area contributed by atoms with Crippen molar-refractivity contribution >= 4 is 46.2 Å². The third kappa shape index (κ3) is 4.77. The average molecular weight is 390 g/mol. The van der Waals surface area contributed by atoms with Gasteiger partial charge in [0.25, 0.3) is 0 Å². The van der Waals surface area contributed by atoms with Gasteiger partial charge in [0.05, 0.1) is 17.8 Å². The number of hydrazone groups is 1. The average Bonchev–Trinajstić information content (AvgIpc) is 3.03. The Morgan fingerprint density at radius 1 is 1.23 bits per heavy atom. The molecular weight excluding hydrogens is 373 g/mol. The Bertz CT molecular complexity index is 937. The summed E-state index contributed by atoms with van der Waals surface area (Å²) >= 11 is 11.8. The van der Waals surface area contributed by atoms with E-state index in [4.69, 9.17) is 27.9 Å². The van der Waals surface area contributed by atoms with E-state index in [2.05, 4.69) is 15.5 Å². The van der Waals surface area contributed by atoms with Gasteiger partial charge in [0.2, 0.25) is 5.91 Å². The lowest BCUT2D eigenvalue weighted by molar-refractivity contribution is -0.121. The third-order valence-electron chi connectivity index (χ3n) is 3.71. The zero-order valence-electron chi connectivity index (χ0n) is 13.8. The van der Waals surface area contributed by atoms with Crippen LogP contribution in [0.15, 0.2) is 53.8 Å². The van der Waals surface area contributed by atoms with Crippen LogP contribution in [0.25, 0.3) is 10.9 Å². The van der Waals surface area contributed by atoms with Crippen molar-refractivity contribution in [2.75, 3.05) is 6.61 Å². The molecule has 0 spiro atoms. The molecule has 1 amide bonds. The SMILES string of the molecule is O=C(CCCOc1ccc(Cl)cc1Cl)N/N=C/c1c[nH]c2ccccc12. The number of hydrogen-bond donors (Lipinski definition) is 2. The van der Waals surface area contributed by atoms with Crippen molar-refractivity contribution in [2.45, 2.75) is 12.8 Å². The van der Waals surface area contributed by atoms with Crippen LogP contribution in [0, 0.1) is 0 Å². The molecule has 5 nitrogen and oxygen atoms in total. The van der Waals surface area contributed by atoms with Gasteiger partial charge in [0.1, 0.15) is 5.75 Å². The van der Waals surface area contributed by atoms with Gasteiger partial charge >= 0.3 is 0 Å². The lowest BCUT2D eigenvalue weighted by Crippen LogP contribution is -2.18. The predicted octanol–water partition coefficient (Wildman–Crippen LogP) is 4.78. The maximum atomic E-state index is 11.8. The minimum atomic E-state index is -0.174. The molecule has 0 bridgehead atoms. The Kier molecular flexibility index (Phi) is 6.15. The van der Waals surface area contributed by atoms with E-state index < -0.39 is 0 Å². The van der Waals surface area contributed by atoms with E-state index in [1.165, 1.54) is 0 Å². The Hall–Kier alpha value is -2.50. The number of aromatic nitrogens is 1. The Balaban J connectivity index is 1.41. The smallest absolute Gasteiger partial charge is 0.240 e. The minimum Gasteiger partial charge on any atom is -0.492 e. The Morgan fingerprint density at radius 2 is 2.08 bits per heavy atom. The summed E-state index contributed by atoms with van der Waals surface area (Å²) in [5.41, 5.74) is 4.47. The maximum Gasteiger partial charge on any atom is 0.240 e. The highest BCUT2D eigenvalue weighted by molar-refractivity contribution is 6.35. The van der Waals surface area contributed by atoms with Crippen LogP contribution in [0.1, 0.15) is 18.4 Å². The summed E-state index contributed by atoms with van der Waals surface area (Å²) < 4.78 is 5.54. The molecule has 0 saturated heterocycles. The topological polar surface area (TPSA) is 66.5 Å². The van der Waals surface area contributed by atoms with Gasteiger partial charge in [-0.3, -0.25) is 4.79 Å². The summed E-state index contributed by atoms with van der Waals surface area (Å²) in [6, 6.07) is 12.9. The molecule has 0 saturated carbocycles. The van der Waals surface area contributed by atoms with E-state index >= 15 is 0 Å². The first-order chi connectivity index (χ1) is 12.6. The van der Waals surface area contributed by atoms with Crippen molar-refractivity contribution in [3.63, 3.8) is 0 Å². The lowest BCUT2D eigenvalue weighted by Gasteiger charge is -2.07. The number of para-hydroxylation sites is 1. The second-order valence-electron chi connectivity index (χ2n) is 5.61. The van der Waals surface area contributed by atoms with Gasteiger partial charge in [-0.2, -0.15) is 5.10 Å². The fourth-order valence-corrected chi connectivity index (χ4v) is 2.90. The van der Waals surface area contributed by atoms with Gasteiger partial charge in [0, 0.05) is 34.1 Å². The molecule has 1 aromatic heterocycles. The molecule has 0 aliphatic carbocycles. The second kappa shape index (κ2) is 8.74. The fraction of sp³-hybridized carbons (Fsp3) is 0.158. The van der Waals surface area contributed by atoms with Crippen LogP contribution in [0.2, 0.25) is 10.0 Å². The highest BCUT2D eigenvalue weighted by Gasteiger charge is 2.04. The van der Waals surface area contributed by atoms with Gasteiger partial charge in [-0.05, 0) is 30.7 Å². The van der Waals surface area contributed by atoms with Crippen molar-refractivity contribution < 1.29 is 9.53 Å². The van der Waals surface area contributed by atoms with E-state index in [0.29, 0.717) is 35.2 Å². The van der Waals surface area contributed by atoms with Gasteiger partial charge in [-0.1, -0.05) is 41.4 Å². The molecule has 134 valence electrons. The number of halogens is 2. The predicted molar refractivity (Wildman–Crippen MR) is 105 cm³/mol. The molecule has 2 aromatic carbocycles. The first kappa shape index (κ1) is 18.3. The largest absolute Gasteiger partial charge is 0.492 e. The number of nitrogens with zero attached hydrogens (tertiary/aromatic N) is 1. The highest BCUT2D eigenvalue weighted by Crippen LogP contribution is 2.27. The number of aromatic amines is 1. The molecule has 26 heavy (non-hydrogen) atoms. The summed E-state index contributed by atoms with van der Waals surface area (Å²) in [4.78, 5) is 15.0. The Labute approximate surface area is 161 Å². The van der Waals surface area contributed by atoms with E-state index in [0.717, 1.165) is 16.5 Å². The number of carbonyl (C=O) groups excluding carboxylic acids is 1. The molecule has 0 aliphatic rings. The first-order valence-electron chi connectivity index (χ1n) is 8.09. The molecule has 3 rings (SSSR count). The first-order valence-corrected chi connectivity index (χ1v) is 8.85. The molecule has 0 unspecified atom stereocenters. The number of amides is 1. The van der Waals surface area contributed by atoms with Crippen molar-refractivity contribution in [3.8, 4) is 5.75 Å². The normalized spacial score (nSPS) is 11.2. The number of H-pyrrole nitrogens is 1. The van der Waals surface area contributed by atoms with Gasteiger partial charge < -0.3 is 9.72 Å². The van der Waals surface area contributed by atoms with Crippen LogP contribution in [0.4, 0.5) is 0 Å². The van der Waals surface area contributed by atoms with Crippen molar-refractivity contribution in [2.24, 2.45) is 5.10 Å². The van der Waals surface area contributed by atoms with E-state index in [9.17, 15) is 4.79 Å². The summed E-state index contributed by atoms with van der Waals surface area (Å²) in [6.07, 6.45) is 4.33. The monoisotopic (exact) mass is 389 g/mol. The molecule has 1 heterocycles. The summed E-state index contributed by atoms with van der Waals surface area (Å²) in [5, 5.41) is 6.06. The van der Waals surface area contributed by atoms with Gasteiger partial charge in [-0.15, -0.1) is 0 Å². The number of fused-ring (bicyclic) bond motifs is 1. The fourth-order valence-electron chi connectivity index (χ4n) is 2.44. The van der Waals surface area contributed by atoms with Crippen LogP contribution in [0.5, 0.6) is 5.75 Å². The minimum absolute atomic E-state index is 0.174. The highest BCUT2D eigenvalue weighted by atomic mass is 35.5. The van der Waals surface area contributed by atoms with Crippen LogP contribution in [-0.4, -0.2) is 23.7 Å². The second-order valence-corrected chi connectivity index (χ2v) is 6.45. The molecule has 3 aromatic rings. The number of hydrogen-bond acceptors (Lipinski definition) is 3. The number of ether oxygens (including phenoxy) is 1. The zero-order chi connectivity index (χ0) is 18.4. The van der Waals surface area contributed by atoms with Crippen molar-refractivity contribution in [1.29, 1.82) is 0 Å². The van der Waals surface area contributed by atoms with Crippen LogP contribution in [0.3, 0.4) is 0 Å². The molecular formula is C19H17Cl2N3O2. The van der Waals surface area contributed by atoms with Gasteiger partial charge in [0.15, 0.2) is 0 Å².